The van der Waals surface area contributed by atoms with Crippen LogP contribution >= 0.6 is 12.2 Å². The van der Waals surface area contributed by atoms with Crippen molar-refractivity contribution in [2.45, 2.75) is 6.92 Å². The molecule has 5 nitrogen and oxygen atoms in total. The average molecular weight is 320 g/mol. The Morgan fingerprint density at radius 3 is 2.68 bits per heavy atom. The van der Waals surface area contributed by atoms with Gasteiger partial charge in [0.25, 0.3) is 0 Å². The van der Waals surface area contributed by atoms with E-state index in [1.807, 2.05) is 36.1 Å². The van der Waals surface area contributed by atoms with Crippen LogP contribution in [0.3, 0.4) is 0 Å². The summed E-state index contributed by atoms with van der Waals surface area (Å²) in [5.74, 6) is 0.586. The summed E-state index contributed by atoms with van der Waals surface area (Å²) in [7, 11) is 0. The largest absolute Gasteiger partial charge is 0.494 e. The standard InChI is InChI=1S/C16H20N2O3S/c1-2-21-14-6-3-13(4-7-14)5-8-15(19)17-16(22)18-9-11-20-12-10-18/h3-8H,2,9-12H2,1H3,(H,17,19,22)/b8-5+. The van der Waals surface area contributed by atoms with Gasteiger partial charge in [0.15, 0.2) is 5.11 Å². The maximum atomic E-state index is 11.9. The highest BCUT2D eigenvalue weighted by Gasteiger charge is 2.14. The van der Waals surface area contributed by atoms with Crippen LogP contribution in [-0.4, -0.2) is 48.8 Å². The summed E-state index contributed by atoms with van der Waals surface area (Å²) in [5, 5.41) is 3.15. The number of nitrogens with zero attached hydrogens (tertiary/aromatic N) is 1. The van der Waals surface area contributed by atoms with Gasteiger partial charge in [0, 0.05) is 19.2 Å². The van der Waals surface area contributed by atoms with E-state index >= 15 is 0 Å². The lowest BCUT2D eigenvalue weighted by atomic mass is 10.2. The van der Waals surface area contributed by atoms with Crippen LogP contribution in [0.15, 0.2) is 30.3 Å². The van der Waals surface area contributed by atoms with Crippen molar-refractivity contribution in [2.75, 3.05) is 32.9 Å². The zero-order valence-corrected chi connectivity index (χ0v) is 13.4. The summed E-state index contributed by atoms with van der Waals surface area (Å²) in [6.45, 7) is 5.27. The van der Waals surface area contributed by atoms with E-state index in [1.54, 1.807) is 6.08 Å². The van der Waals surface area contributed by atoms with Crippen LogP contribution in [0, 0.1) is 0 Å². The lowest BCUT2D eigenvalue weighted by molar-refractivity contribution is -0.115. The lowest BCUT2D eigenvalue weighted by Gasteiger charge is -2.28. The third-order valence-electron chi connectivity index (χ3n) is 3.15. The maximum Gasteiger partial charge on any atom is 0.250 e. The van der Waals surface area contributed by atoms with Crippen LogP contribution in [0.5, 0.6) is 5.75 Å². The molecule has 0 radical (unpaired) electrons. The molecule has 0 atom stereocenters. The molecule has 1 amide bonds. The van der Waals surface area contributed by atoms with Crippen LogP contribution in [-0.2, 0) is 9.53 Å². The molecule has 6 heteroatoms. The molecule has 0 spiro atoms. The number of hydrogen-bond acceptors (Lipinski definition) is 4. The first-order chi connectivity index (χ1) is 10.7. The van der Waals surface area contributed by atoms with E-state index in [1.165, 1.54) is 6.08 Å². The van der Waals surface area contributed by atoms with Crippen molar-refractivity contribution >= 4 is 29.3 Å². The first-order valence-corrected chi connectivity index (χ1v) is 7.68. The van der Waals surface area contributed by atoms with E-state index in [4.69, 9.17) is 21.7 Å². The second-order valence-electron chi connectivity index (χ2n) is 4.73. The Kier molecular flexibility index (Phi) is 6.36. The van der Waals surface area contributed by atoms with E-state index in [0.29, 0.717) is 38.0 Å². The molecule has 1 heterocycles. The summed E-state index contributed by atoms with van der Waals surface area (Å²) < 4.78 is 10.6. The number of carbonyl (C=O) groups excluding carboxylic acids is 1. The van der Waals surface area contributed by atoms with E-state index in [0.717, 1.165) is 11.3 Å². The van der Waals surface area contributed by atoms with Crippen molar-refractivity contribution in [3.8, 4) is 5.75 Å². The molecule has 1 aromatic rings. The molecule has 0 aromatic heterocycles. The molecule has 1 aliphatic rings. The normalized spacial score (nSPS) is 14.9. The highest BCUT2D eigenvalue weighted by Crippen LogP contribution is 2.12. The molecule has 1 aromatic carbocycles. The second-order valence-corrected chi connectivity index (χ2v) is 5.12. The third kappa shape index (κ3) is 5.13. The van der Waals surface area contributed by atoms with Gasteiger partial charge in [-0.2, -0.15) is 0 Å². The zero-order chi connectivity index (χ0) is 15.8. The van der Waals surface area contributed by atoms with Gasteiger partial charge in [0.1, 0.15) is 5.75 Å². The fourth-order valence-electron chi connectivity index (χ4n) is 2.01. The van der Waals surface area contributed by atoms with Crippen molar-refractivity contribution in [2.24, 2.45) is 0 Å². The number of morpholine rings is 1. The molecule has 0 aliphatic carbocycles. The van der Waals surface area contributed by atoms with Crippen LogP contribution in [0.1, 0.15) is 12.5 Å². The Morgan fingerprint density at radius 2 is 2.05 bits per heavy atom. The van der Waals surface area contributed by atoms with Gasteiger partial charge in [-0.3, -0.25) is 10.1 Å². The molecule has 1 aliphatic heterocycles. The molecular weight excluding hydrogens is 300 g/mol. The number of rotatable bonds is 4. The number of ether oxygens (including phenoxy) is 2. The summed E-state index contributed by atoms with van der Waals surface area (Å²) in [5.41, 5.74) is 0.927. The monoisotopic (exact) mass is 320 g/mol. The van der Waals surface area contributed by atoms with Crippen LogP contribution in [0.25, 0.3) is 6.08 Å². The fraction of sp³-hybridized carbons (Fsp3) is 0.375. The molecular formula is C16H20N2O3S. The van der Waals surface area contributed by atoms with E-state index in [-0.39, 0.29) is 5.91 Å². The molecule has 1 N–H and O–H groups in total. The van der Waals surface area contributed by atoms with Gasteiger partial charge in [-0.15, -0.1) is 0 Å². The Hall–Kier alpha value is -1.92. The average Bonchev–Trinajstić information content (AvgIpc) is 2.55. The van der Waals surface area contributed by atoms with E-state index in [9.17, 15) is 4.79 Å². The quantitative estimate of drug-likeness (QED) is 0.677. The van der Waals surface area contributed by atoms with Gasteiger partial charge in [-0.05, 0) is 42.9 Å². The fourth-order valence-corrected chi connectivity index (χ4v) is 2.29. The smallest absolute Gasteiger partial charge is 0.250 e. The molecule has 1 fully saturated rings. The minimum absolute atomic E-state index is 0.231. The predicted octanol–water partition coefficient (Wildman–Crippen LogP) is 1.83. The van der Waals surface area contributed by atoms with Crippen molar-refractivity contribution in [1.82, 2.24) is 10.2 Å². The van der Waals surface area contributed by atoms with E-state index < -0.39 is 0 Å². The molecule has 1 saturated heterocycles. The molecule has 0 bridgehead atoms. The van der Waals surface area contributed by atoms with Crippen molar-refractivity contribution in [3.63, 3.8) is 0 Å². The minimum Gasteiger partial charge on any atom is -0.494 e. The summed E-state index contributed by atoms with van der Waals surface area (Å²) in [6, 6.07) is 7.54. The first-order valence-electron chi connectivity index (χ1n) is 7.27. The number of nitrogens with one attached hydrogen (secondary N) is 1. The Morgan fingerprint density at radius 1 is 1.36 bits per heavy atom. The highest BCUT2D eigenvalue weighted by molar-refractivity contribution is 7.80. The molecule has 0 unspecified atom stereocenters. The van der Waals surface area contributed by atoms with Crippen molar-refractivity contribution < 1.29 is 14.3 Å². The Balaban J connectivity index is 1.83. The molecule has 2 rings (SSSR count). The second kappa shape index (κ2) is 8.51. The SMILES string of the molecule is CCOc1ccc(/C=C/C(=O)NC(=S)N2CCOCC2)cc1. The topological polar surface area (TPSA) is 50.8 Å². The first kappa shape index (κ1) is 16.5. The molecule has 0 saturated carbocycles. The maximum absolute atomic E-state index is 11.9. The van der Waals surface area contributed by atoms with Gasteiger partial charge in [-0.1, -0.05) is 12.1 Å². The Bertz CT molecular complexity index is 537. The van der Waals surface area contributed by atoms with Gasteiger partial charge < -0.3 is 14.4 Å². The van der Waals surface area contributed by atoms with Crippen LogP contribution < -0.4 is 10.1 Å². The van der Waals surface area contributed by atoms with Gasteiger partial charge in [0.2, 0.25) is 5.91 Å². The van der Waals surface area contributed by atoms with E-state index in [2.05, 4.69) is 5.32 Å². The number of carbonyl (C=O) groups is 1. The summed E-state index contributed by atoms with van der Waals surface area (Å²) in [6.07, 6.45) is 3.22. The number of amides is 1. The van der Waals surface area contributed by atoms with Gasteiger partial charge in [-0.25, -0.2) is 0 Å². The summed E-state index contributed by atoms with van der Waals surface area (Å²) >= 11 is 5.22. The lowest BCUT2D eigenvalue weighted by Crippen LogP contribution is -2.47. The van der Waals surface area contributed by atoms with Crippen molar-refractivity contribution in [3.05, 3.63) is 35.9 Å². The van der Waals surface area contributed by atoms with Gasteiger partial charge >= 0.3 is 0 Å². The summed E-state index contributed by atoms with van der Waals surface area (Å²) in [4.78, 5) is 13.8. The predicted molar refractivity (Wildman–Crippen MR) is 89.8 cm³/mol. The zero-order valence-electron chi connectivity index (χ0n) is 12.6. The van der Waals surface area contributed by atoms with Crippen molar-refractivity contribution in [1.29, 1.82) is 0 Å². The minimum atomic E-state index is -0.231. The number of hydrogen-bond donors (Lipinski definition) is 1. The van der Waals surface area contributed by atoms with Crippen LogP contribution in [0.4, 0.5) is 0 Å². The molecule has 118 valence electrons. The van der Waals surface area contributed by atoms with Crippen LogP contribution in [0.2, 0.25) is 0 Å². The number of benzene rings is 1. The molecule has 22 heavy (non-hydrogen) atoms. The highest BCUT2D eigenvalue weighted by atomic mass is 32.1. The Labute approximate surface area is 135 Å². The van der Waals surface area contributed by atoms with Gasteiger partial charge in [0.05, 0.1) is 19.8 Å². The third-order valence-corrected chi connectivity index (χ3v) is 3.51. The number of thiocarbonyl (C=S) groups is 1.